The Hall–Kier alpha value is -1.34. The summed E-state index contributed by atoms with van der Waals surface area (Å²) in [6.45, 7) is 5.67. The second kappa shape index (κ2) is 7.28. The third-order valence-corrected chi connectivity index (χ3v) is 4.22. The normalized spacial score (nSPS) is 12.4. The van der Waals surface area contributed by atoms with E-state index in [2.05, 4.69) is 26.1 Å². The Morgan fingerprint density at radius 3 is 2.73 bits per heavy atom. The van der Waals surface area contributed by atoms with Gasteiger partial charge in [0.25, 0.3) is 0 Å². The average molecular weight is 389 g/mol. The van der Waals surface area contributed by atoms with Gasteiger partial charge in [0.05, 0.1) is 40.4 Å². The van der Waals surface area contributed by atoms with Gasteiger partial charge >= 0.3 is 0 Å². The molecule has 0 aromatic carbocycles. The van der Waals surface area contributed by atoms with Crippen LogP contribution < -0.4 is 0 Å². The maximum Gasteiger partial charge on any atom is 0.227 e. The van der Waals surface area contributed by atoms with Gasteiger partial charge in [0.2, 0.25) is 5.91 Å². The van der Waals surface area contributed by atoms with Crippen molar-refractivity contribution in [3.63, 3.8) is 0 Å². The van der Waals surface area contributed by atoms with Crippen molar-refractivity contribution < 1.29 is 4.79 Å². The highest BCUT2D eigenvalue weighted by molar-refractivity contribution is 9.10. The fourth-order valence-corrected chi connectivity index (χ4v) is 2.78. The van der Waals surface area contributed by atoms with Gasteiger partial charge in [-0.3, -0.25) is 14.2 Å². The van der Waals surface area contributed by atoms with Crippen LogP contribution >= 0.6 is 27.5 Å². The molecule has 0 saturated heterocycles. The van der Waals surface area contributed by atoms with Crippen molar-refractivity contribution >= 4 is 33.4 Å². The number of nitrogens with zero attached hydrogens (tertiary/aromatic N) is 5. The number of rotatable bonds is 6. The Morgan fingerprint density at radius 2 is 2.18 bits per heavy atom. The standard InChI is InChI=1S/C14H19BrClN5O/c1-4-20-8-12(15)13(18-20)9-19(3)14(22)10(2)6-21-7-11(16)5-17-21/h5,7-8,10H,4,6,9H2,1-3H3. The van der Waals surface area contributed by atoms with Crippen LogP contribution in [0.25, 0.3) is 0 Å². The Labute approximate surface area is 143 Å². The first kappa shape index (κ1) is 17.0. The molecular weight excluding hydrogens is 370 g/mol. The Morgan fingerprint density at radius 1 is 1.45 bits per heavy atom. The third kappa shape index (κ3) is 4.10. The molecule has 22 heavy (non-hydrogen) atoms. The monoisotopic (exact) mass is 387 g/mol. The van der Waals surface area contributed by atoms with Gasteiger partial charge < -0.3 is 4.90 Å². The SMILES string of the molecule is CCn1cc(Br)c(CN(C)C(=O)C(C)Cn2cc(Cl)cn2)n1. The average Bonchev–Trinajstić information content (AvgIpc) is 3.04. The highest BCUT2D eigenvalue weighted by Gasteiger charge is 2.20. The van der Waals surface area contributed by atoms with E-state index in [0.717, 1.165) is 16.7 Å². The zero-order valence-electron chi connectivity index (χ0n) is 12.8. The van der Waals surface area contributed by atoms with Gasteiger partial charge in [-0.05, 0) is 22.9 Å². The molecule has 2 heterocycles. The predicted molar refractivity (Wildman–Crippen MR) is 88.5 cm³/mol. The Balaban J connectivity index is 1.97. The van der Waals surface area contributed by atoms with Gasteiger partial charge in [0.1, 0.15) is 0 Å². The van der Waals surface area contributed by atoms with Crippen molar-refractivity contribution in [2.45, 2.75) is 33.5 Å². The van der Waals surface area contributed by atoms with E-state index in [4.69, 9.17) is 11.6 Å². The molecule has 120 valence electrons. The lowest BCUT2D eigenvalue weighted by Gasteiger charge is -2.20. The number of amides is 1. The van der Waals surface area contributed by atoms with E-state index in [9.17, 15) is 4.79 Å². The van der Waals surface area contributed by atoms with Gasteiger partial charge in [-0.1, -0.05) is 18.5 Å². The Bertz CT molecular complexity index is 653. The van der Waals surface area contributed by atoms with Crippen molar-refractivity contribution in [1.29, 1.82) is 0 Å². The number of halogens is 2. The topological polar surface area (TPSA) is 56.0 Å². The quantitative estimate of drug-likeness (QED) is 0.764. The summed E-state index contributed by atoms with van der Waals surface area (Å²) < 4.78 is 4.44. The van der Waals surface area contributed by atoms with Gasteiger partial charge in [-0.15, -0.1) is 0 Å². The van der Waals surface area contributed by atoms with Crippen LogP contribution in [-0.2, 0) is 24.4 Å². The third-order valence-electron chi connectivity index (χ3n) is 3.36. The lowest BCUT2D eigenvalue weighted by atomic mass is 10.1. The molecule has 2 rings (SSSR count). The minimum absolute atomic E-state index is 0.0459. The van der Waals surface area contributed by atoms with Crippen LogP contribution in [0.1, 0.15) is 19.5 Å². The van der Waals surface area contributed by atoms with E-state index in [0.29, 0.717) is 18.1 Å². The minimum Gasteiger partial charge on any atom is -0.339 e. The molecule has 2 aromatic heterocycles. The highest BCUT2D eigenvalue weighted by Crippen LogP contribution is 2.17. The van der Waals surface area contributed by atoms with E-state index in [-0.39, 0.29) is 11.8 Å². The number of hydrogen-bond acceptors (Lipinski definition) is 3. The van der Waals surface area contributed by atoms with Crippen LogP contribution in [0.3, 0.4) is 0 Å². The number of carbonyl (C=O) groups excluding carboxylic acids is 1. The van der Waals surface area contributed by atoms with Crippen molar-refractivity contribution in [1.82, 2.24) is 24.5 Å². The minimum atomic E-state index is -0.187. The number of carbonyl (C=O) groups is 1. The summed E-state index contributed by atoms with van der Waals surface area (Å²) in [6, 6.07) is 0. The molecule has 0 N–H and O–H groups in total. The van der Waals surface area contributed by atoms with E-state index < -0.39 is 0 Å². The van der Waals surface area contributed by atoms with Crippen molar-refractivity contribution in [2.24, 2.45) is 5.92 Å². The zero-order valence-corrected chi connectivity index (χ0v) is 15.2. The van der Waals surface area contributed by atoms with Crippen LogP contribution in [0.4, 0.5) is 0 Å². The van der Waals surface area contributed by atoms with E-state index in [1.165, 1.54) is 0 Å². The fourth-order valence-electron chi connectivity index (χ4n) is 2.18. The summed E-state index contributed by atoms with van der Waals surface area (Å²) in [5.74, 6) is -0.141. The zero-order chi connectivity index (χ0) is 16.3. The molecular formula is C14H19BrClN5O. The van der Waals surface area contributed by atoms with E-state index in [1.54, 1.807) is 29.0 Å². The summed E-state index contributed by atoms with van der Waals surface area (Å²) in [4.78, 5) is 14.1. The molecule has 0 radical (unpaired) electrons. The molecule has 1 unspecified atom stereocenters. The molecule has 0 bridgehead atoms. The Kier molecular flexibility index (Phi) is 5.63. The van der Waals surface area contributed by atoms with Crippen molar-refractivity contribution in [3.8, 4) is 0 Å². The fraction of sp³-hybridized carbons (Fsp3) is 0.500. The van der Waals surface area contributed by atoms with Gasteiger partial charge in [0, 0.05) is 26.0 Å². The second-order valence-corrected chi connectivity index (χ2v) is 6.55. The van der Waals surface area contributed by atoms with Crippen LogP contribution in [0.5, 0.6) is 0 Å². The van der Waals surface area contributed by atoms with Crippen LogP contribution in [0.2, 0.25) is 5.02 Å². The lowest BCUT2D eigenvalue weighted by molar-refractivity contribution is -0.134. The smallest absolute Gasteiger partial charge is 0.227 e. The molecule has 0 aliphatic carbocycles. The van der Waals surface area contributed by atoms with E-state index in [1.807, 2.05) is 24.7 Å². The maximum absolute atomic E-state index is 12.4. The summed E-state index contributed by atoms with van der Waals surface area (Å²) in [7, 11) is 1.78. The van der Waals surface area contributed by atoms with Crippen LogP contribution in [0.15, 0.2) is 23.1 Å². The first-order valence-electron chi connectivity index (χ1n) is 7.05. The van der Waals surface area contributed by atoms with Gasteiger partial charge in [-0.25, -0.2) is 0 Å². The number of hydrogen-bond donors (Lipinski definition) is 0. The lowest BCUT2D eigenvalue weighted by Crippen LogP contribution is -2.33. The summed E-state index contributed by atoms with van der Waals surface area (Å²) >= 11 is 9.31. The molecule has 6 nitrogen and oxygen atoms in total. The van der Waals surface area contributed by atoms with Crippen molar-refractivity contribution in [2.75, 3.05) is 7.05 Å². The van der Waals surface area contributed by atoms with Gasteiger partial charge in [0.15, 0.2) is 0 Å². The summed E-state index contributed by atoms with van der Waals surface area (Å²) in [5.41, 5.74) is 0.854. The number of aryl methyl sites for hydroxylation is 1. The molecule has 0 fully saturated rings. The maximum atomic E-state index is 12.4. The molecule has 0 aliphatic heterocycles. The molecule has 0 spiro atoms. The van der Waals surface area contributed by atoms with Gasteiger partial charge in [-0.2, -0.15) is 10.2 Å². The van der Waals surface area contributed by atoms with Crippen molar-refractivity contribution in [3.05, 3.63) is 33.8 Å². The molecule has 0 aliphatic rings. The summed E-state index contributed by atoms with van der Waals surface area (Å²) in [6.07, 6.45) is 5.20. The first-order chi connectivity index (χ1) is 10.4. The summed E-state index contributed by atoms with van der Waals surface area (Å²) in [5, 5.41) is 9.11. The first-order valence-corrected chi connectivity index (χ1v) is 8.22. The highest BCUT2D eigenvalue weighted by atomic mass is 79.9. The van der Waals surface area contributed by atoms with Crippen LogP contribution in [-0.4, -0.2) is 37.4 Å². The molecule has 0 saturated carbocycles. The molecule has 8 heteroatoms. The predicted octanol–water partition coefficient (Wildman–Crippen LogP) is 2.81. The molecule has 1 amide bonds. The van der Waals surface area contributed by atoms with Crippen LogP contribution in [0, 0.1) is 5.92 Å². The van der Waals surface area contributed by atoms with E-state index >= 15 is 0 Å². The second-order valence-electron chi connectivity index (χ2n) is 5.26. The largest absolute Gasteiger partial charge is 0.339 e. The molecule has 1 atom stereocenters. The molecule has 2 aromatic rings. The number of aromatic nitrogens is 4.